The largest absolute Gasteiger partial charge is 0.462 e. The van der Waals surface area contributed by atoms with Crippen LogP contribution < -0.4 is 10.6 Å². The molecule has 154 valence electrons. The van der Waals surface area contributed by atoms with Gasteiger partial charge in [0.05, 0.1) is 18.4 Å². The van der Waals surface area contributed by atoms with E-state index in [9.17, 15) is 19.2 Å². The van der Waals surface area contributed by atoms with Gasteiger partial charge in [0.15, 0.2) is 12.4 Å². The summed E-state index contributed by atoms with van der Waals surface area (Å²) in [4.78, 5) is 46.9. The van der Waals surface area contributed by atoms with E-state index >= 15 is 0 Å². The van der Waals surface area contributed by atoms with Crippen molar-refractivity contribution < 1.29 is 33.1 Å². The highest BCUT2D eigenvalue weighted by molar-refractivity contribution is 5.95. The maximum Gasteiger partial charge on any atom is 0.338 e. The second kappa shape index (κ2) is 11.3. The lowest BCUT2D eigenvalue weighted by atomic mass is 10.2. The Morgan fingerprint density at radius 2 is 1.79 bits per heavy atom. The first-order valence-corrected chi connectivity index (χ1v) is 9.04. The minimum Gasteiger partial charge on any atom is -0.462 e. The number of amides is 2. The number of rotatable bonds is 10. The first-order valence-electron chi connectivity index (χ1n) is 9.04. The number of unbranched alkanes of at least 4 members (excludes halogenated alkanes) is 1. The topological polar surface area (TPSA) is 124 Å². The van der Waals surface area contributed by atoms with Crippen LogP contribution in [0.4, 0.5) is 5.69 Å². The van der Waals surface area contributed by atoms with E-state index in [2.05, 4.69) is 10.6 Å². The molecule has 0 aliphatic heterocycles. The molecule has 0 bridgehead atoms. The number of furan rings is 1. The predicted molar refractivity (Wildman–Crippen MR) is 102 cm³/mol. The fraction of sp³-hybridized carbons (Fsp3) is 0.300. The lowest BCUT2D eigenvalue weighted by Crippen LogP contribution is -2.32. The third-order valence-electron chi connectivity index (χ3n) is 3.64. The molecule has 2 aromatic rings. The highest BCUT2D eigenvalue weighted by atomic mass is 16.5. The lowest BCUT2D eigenvalue weighted by molar-refractivity contribution is -0.146. The van der Waals surface area contributed by atoms with Crippen molar-refractivity contribution in [3.8, 4) is 0 Å². The first-order chi connectivity index (χ1) is 14.0. The van der Waals surface area contributed by atoms with Crippen molar-refractivity contribution in [1.29, 1.82) is 0 Å². The molecule has 0 aliphatic rings. The van der Waals surface area contributed by atoms with Gasteiger partial charge in [0.2, 0.25) is 0 Å². The van der Waals surface area contributed by atoms with E-state index in [4.69, 9.17) is 13.9 Å². The van der Waals surface area contributed by atoms with Gasteiger partial charge in [-0.25, -0.2) is 4.79 Å². The lowest BCUT2D eigenvalue weighted by Gasteiger charge is -2.08. The molecule has 0 unspecified atom stereocenters. The van der Waals surface area contributed by atoms with Gasteiger partial charge >= 0.3 is 11.9 Å². The van der Waals surface area contributed by atoms with Crippen LogP contribution in [-0.4, -0.2) is 43.5 Å². The van der Waals surface area contributed by atoms with Crippen LogP contribution >= 0.6 is 0 Å². The summed E-state index contributed by atoms with van der Waals surface area (Å²) in [6.45, 7) is 1.44. The normalized spacial score (nSPS) is 10.1. The maximum absolute atomic E-state index is 11.9. The SMILES string of the molecule is CCCCOC(=O)c1ccc(NC(=O)COC(=O)CNC(=O)c2ccco2)cc1. The second-order valence-corrected chi connectivity index (χ2v) is 5.94. The van der Waals surface area contributed by atoms with Crippen molar-refractivity contribution in [2.75, 3.05) is 25.1 Å². The quantitative estimate of drug-likeness (QED) is 0.461. The molecule has 1 heterocycles. The average molecular weight is 402 g/mol. The van der Waals surface area contributed by atoms with Gasteiger partial charge in [-0.05, 0) is 42.8 Å². The Bertz CT molecular complexity index is 829. The minimum absolute atomic E-state index is 0.0632. The van der Waals surface area contributed by atoms with Gasteiger partial charge in [0.25, 0.3) is 11.8 Å². The van der Waals surface area contributed by atoms with E-state index in [0.29, 0.717) is 17.9 Å². The third kappa shape index (κ3) is 7.49. The Morgan fingerprint density at radius 1 is 1.03 bits per heavy atom. The molecule has 2 N–H and O–H groups in total. The van der Waals surface area contributed by atoms with E-state index in [1.807, 2.05) is 6.92 Å². The zero-order valence-corrected chi connectivity index (χ0v) is 15.9. The van der Waals surface area contributed by atoms with E-state index in [1.165, 1.54) is 24.5 Å². The van der Waals surface area contributed by atoms with E-state index in [1.54, 1.807) is 18.2 Å². The van der Waals surface area contributed by atoms with Crippen LogP contribution in [0.2, 0.25) is 0 Å². The average Bonchev–Trinajstić information content (AvgIpc) is 3.26. The molecular weight excluding hydrogens is 380 g/mol. The smallest absolute Gasteiger partial charge is 0.338 e. The highest BCUT2D eigenvalue weighted by Crippen LogP contribution is 2.11. The Hall–Kier alpha value is -3.62. The molecule has 9 nitrogen and oxygen atoms in total. The number of anilines is 1. The summed E-state index contributed by atoms with van der Waals surface area (Å²) in [7, 11) is 0. The minimum atomic E-state index is -0.773. The van der Waals surface area contributed by atoms with Crippen molar-refractivity contribution >= 4 is 29.4 Å². The monoisotopic (exact) mass is 402 g/mol. The van der Waals surface area contributed by atoms with Gasteiger partial charge < -0.3 is 24.5 Å². The van der Waals surface area contributed by atoms with Crippen molar-refractivity contribution in [2.45, 2.75) is 19.8 Å². The number of hydrogen-bond donors (Lipinski definition) is 2. The second-order valence-electron chi connectivity index (χ2n) is 5.94. The van der Waals surface area contributed by atoms with Gasteiger partial charge in [-0.3, -0.25) is 14.4 Å². The fourth-order valence-corrected chi connectivity index (χ4v) is 2.12. The molecule has 0 aliphatic carbocycles. The molecule has 1 aromatic heterocycles. The molecule has 0 fully saturated rings. The Balaban J connectivity index is 1.69. The van der Waals surface area contributed by atoms with Crippen LogP contribution in [-0.2, 0) is 19.1 Å². The summed E-state index contributed by atoms with van der Waals surface area (Å²) in [5, 5.41) is 4.84. The Morgan fingerprint density at radius 3 is 2.45 bits per heavy atom. The summed E-state index contributed by atoms with van der Waals surface area (Å²) in [6, 6.07) is 9.13. The summed E-state index contributed by atoms with van der Waals surface area (Å²) in [5.41, 5.74) is 0.806. The highest BCUT2D eigenvalue weighted by Gasteiger charge is 2.13. The summed E-state index contributed by atoms with van der Waals surface area (Å²) in [5.74, 6) is -2.26. The summed E-state index contributed by atoms with van der Waals surface area (Å²) >= 11 is 0. The molecule has 0 saturated heterocycles. The van der Waals surface area contributed by atoms with E-state index < -0.39 is 36.9 Å². The van der Waals surface area contributed by atoms with Crippen LogP contribution in [0.25, 0.3) is 0 Å². The zero-order chi connectivity index (χ0) is 21.1. The Kier molecular flexibility index (Phi) is 8.43. The molecule has 0 atom stereocenters. The third-order valence-corrected chi connectivity index (χ3v) is 3.64. The molecule has 2 rings (SSSR count). The number of nitrogens with one attached hydrogen (secondary N) is 2. The van der Waals surface area contributed by atoms with Crippen LogP contribution in [0.5, 0.6) is 0 Å². The maximum atomic E-state index is 11.9. The number of esters is 2. The molecular formula is C20H22N2O7. The molecule has 0 radical (unpaired) electrons. The summed E-state index contributed by atoms with van der Waals surface area (Å²) in [6.07, 6.45) is 3.06. The molecule has 0 spiro atoms. The molecule has 29 heavy (non-hydrogen) atoms. The van der Waals surface area contributed by atoms with E-state index in [0.717, 1.165) is 12.8 Å². The van der Waals surface area contributed by atoms with Gasteiger partial charge in [-0.15, -0.1) is 0 Å². The van der Waals surface area contributed by atoms with Gasteiger partial charge in [0.1, 0.15) is 6.54 Å². The molecule has 0 saturated carbocycles. The van der Waals surface area contributed by atoms with Crippen molar-refractivity contribution in [3.05, 3.63) is 54.0 Å². The summed E-state index contributed by atoms with van der Waals surface area (Å²) < 4.78 is 14.8. The van der Waals surface area contributed by atoms with Gasteiger partial charge in [0, 0.05) is 5.69 Å². The number of carbonyl (C=O) groups excluding carboxylic acids is 4. The van der Waals surface area contributed by atoms with Crippen LogP contribution in [0.1, 0.15) is 40.7 Å². The number of hydrogen-bond acceptors (Lipinski definition) is 7. The standard InChI is InChI=1S/C20H22N2O7/c1-2-3-10-28-20(26)14-6-8-15(9-7-14)22-17(23)13-29-18(24)12-21-19(25)16-5-4-11-27-16/h4-9,11H,2-3,10,12-13H2,1H3,(H,21,25)(H,22,23). The molecule has 9 heteroatoms. The number of carbonyl (C=O) groups is 4. The molecule has 2 amide bonds. The number of benzene rings is 1. The first kappa shape index (κ1) is 21.7. The fourth-order valence-electron chi connectivity index (χ4n) is 2.12. The van der Waals surface area contributed by atoms with Crippen molar-refractivity contribution in [2.24, 2.45) is 0 Å². The van der Waals surface area contributed by atoms with Crippen LogP contribution in [0, 0.1) is 0 Å². The predicted octanol–water partition coefficient (Wildman–Crippen LogP) is 2.15. The van der Waals surface area contributed by atoms with Crippen molar-refractivity contribution in [3.63, 3.8) is 0 Å². The van der Waals surface area contributed by atoms with Crippen molar-refractivity contribution in [1.82, 2.24) is 5.32 Å². The van der Waals surface area contributed by atoms with Crippen LogP contribution in [0.3, 0.4) is 0 Å². The number of ether oxygens (including phenoxy) is 2. The molecule has 1 aromatic carbocycles. The van der Waals surface area contributed by atoms with Gasteiger partial charge in [-0.2, -0.15) is 0 Å². The zero-order valence-electron chi connectivity index (χ0n) is 15.9. The Labute approximate surface area is 167 Å². The van der Waals surface area contributed by atoms with Crippen LogP contribution in [0.15, 0.2) is 47.1 Å². The van der Waals surface area contributed by atoms with E-state index in [-0.39, 0.29) is 5.76 Å². The van der Waals surface area contributed by atoms with Gasteiger partial charge in [-0.1, -0.05) is 13.3 Å².